The van der Waals surface area contributed by atoms with Crippen molar-refractivity contribution in [1.82, 2.24) is 14.5 Å². The van der Waals surface area contributed by atoms with Crippen molar-refractivity contribution in [3.05, 3.63) is 69.7 Å². The summed E-state index contributed by atoms with van der Waals surface area (Å²) in [6.45, 7) is 0.429. The van der Waals surface area contributed by atoms with Crippen molar-refractivity contribution in [3.8, 4) is 5.69 Å². The van der Waals surface area contributed by atoms with Gasteiger partial charge in [0.15, 0.2) is 0 Å². The Morgan fingerprint density at radius 1 is 1.15 bits per heavy atom. The zero-order chi connectivity index (χ0) is 18.3. The van der Waals surface area contributed by atoms with E-state index in [4.69, 9.17) is 11.6 Å². The van der Waals surface area contributed by atoms with Gasteiger partial charge >= 0.3 is 6.09 Å². The lowest BCUT2D eigenvalue weighted by Crippen LogP contribution is -2.34. The molecule has 2 aromatic carbocycles. The Morgan fingerprint density at radius 2 is 1.92 bits per heavy atom. The number of halogens is 1. The van der Waals surface area contributed by atoms with E-state index in [0.717, 1.165) is 6.42 Å². The highest BCUT2D eigenvalue weighted by Crippen LogP contribution is 2.32. The molecule has 1 aromatic heterocycles. The number of fused-ring (bicyclic) bond motifs is 1. The molecule has 1 aliphatic rings. The average Bonchev–Trinajstić information content (AvgIpc) is 3.12. The maximum atomic E-state index is 13.3. The molecule has 1 amide bonds. The summed E-state index contributed by atoms with van der Waals surface area (Å²) in [6, 6.07) is 13.8. The zero-order valence-corrected chi connectivity index (χ0v) is 14.6. The minimum atomic E-state index is -1.01. The summed E-state index contributed by atoms with van der Waals surface area (Å²) in [7, 11) is 0. The monoisotopic (exact) mass is 369 g/mol. The number of aromatic nitrogens is 2. The van der Waals surface area contributed by atoms with Crippen LogP contribution in [-0.2, 0) is 0 Å². The van der Waals surface area contributed by atoms with Crippen molar-refractivity contribution in [3.63, 3.8) is 0 Å². The highest BCUT2D eigenvalue weighted by atomic mass is 35.5. The van der Waals surface area contributed by atoms with Gasteiger partial charge in [0.05, 0.1) is 27.7 Å². The minimum Gasteiger partial charge on any atom is -0.465 e. The third kappa shape index (κ3) is 2.63. The molecule has 0 spiro atoms. The van der Waals surface area contributed by atoms with E-state index in [2.05, 4.69) is 4.98 Å². The zero-order valence-electron chi connectivity index (χ0n) is 13.8. The lowest BCUT2D eigenvalue weighted by molar-refractivity contribution is 0.138. The van der Waals surface area contributed by atoms with E-state index in [1.54, 1.807) is 30.3 Å². The molecule has 6 nitrogen and oxygen atoms in total. The van der Waals surface area contributed by atoms with Crippen LogP contribution in [0, 0.1) is 0 Å². The van der Waals surface area contributed by atoms with E-state index in [-0.39, 0.29) is 5.56 Å². The average molecular weight is 370 g/mol. The lowest BCUT2D eigenvalue weighted by atomic mass is 10.1. The predicted molar refractivity (Wildman–Crippen MR) is 99.1 cm³/mol. The predicted octanol–water partition coefficient (Wildman–Crippen LogP) is 3.85. The number of benzene rings is 2. The van der Waals surface area contributed by atoms with Crippen LogP contribution in [0.15, 0.2) is 53.3 Å². The molecular formula is C19H16ClN3O3. The van der Waals surface area contributed by atoms with E-state index in [0.29, 0.717) is 40.4 Å². The molecule has 0 bridgehead atoms. The number of carbonyl (C=O) groups is 1. The van der Waals surface area contributed by atoms with Crippen LogP contribution in [0.25, 0.3) is 16.6 Å². The highest BCUT2D eigenvalue weighted by molar-refractivity contribution is 6.35. The summed E-state index contributed by atoms with van der Waals surface area (Å²) >= 11 is 6.26. The molecule has 0 aliphatic carbocycles. The van der Waals surface area contributed by atoms with Gasteiger partial charge in [0.25, 0.3) is 5.56 Å². The van der Waals surface area contributed by atoms with Gasteiger partial charge in [-0.2, -0.15) is 0 Å². The number of rotatable bonds is 2. The smallest absolute Gasteiger partial charge is 0.407 e. The number of carboxylic acid groups (broad SMARTS) is 1. The molecule has 0 saturated carbocycles. The highest BCUT2D eigenvalue weighted by Gasteiger charge is 2.34. The first kappa shape index (κ1) is 16.6. The molecule has 3 aromatic rings. The Labute approximate surface area is 154 Å². The first-order valence-electron chi connectivity index (χ1n) is 8.34. The molecule has 1 aliphatic heterocycles. The largest absolute Gasteiger partial charge is 0.465 e. The van der Waals surface area contributed by atoms with E-state index < -0.39 is 12.1 Å². The van der Waals surface area contributed by atoms with Crippen molar-refractivity contribution in [2.24, 2.45) is 0 Å². The molecule has 26 heavy (non-hydrogen) atoms. The summed E-state index contributed by atoms with van der Waals surface area (Å²) in [4.78, 5) is 30.9. The second-order valence-electron chi connectivity index (χ2n) is 6.21. The van der Waals surface area contributed by atoms with Gasteiger partial charge in [0.1, 0.15) is 5.82 Å². The van der Waals surface area contributed by atoms with Gasteiger partial charge < -0.3 is 5.11 Å². The van der Waals surface area contributed by atoms with Crippen molar-refractivity contribution in [1.29, 1.82) is 0 Å². The Hall–Kier alpha value is -2.86. The number of hydrogen-bond donors (Lipinski definition) is 1. The number of para-hydroxylation sites is 1. The first-order valence-corrected chi connectivity index (χ1v) is 8.72. The third-order valence-corrected chi connectivity index (χ3v) is 5.00. The molecule has 7 heteroatoms. The first-order chi connectivity index (χ1) is 12.6. The Bertz CT molecular complexity index is 1050. The minimum absolute atomic E-state index is 0.293. The Morgan fingerprint density at radius 3 is 2.65 bits per heavy atom. The van der Waals surface area contributed by atoms with E-state index in [1.807, 2.05) is 18.2 Å². The van der Waals surface area contributed by atoms with Gasteiger partial charge in [-0.25, -0.2) is 9.78 Å². The Kier molecular flexibility index (Phi) is 4.12. The molecule has 4 rings (SSSR count). The maximum absolute atomic E-state index is 13.3. The number of hydrogen-bond acceptors (Lipinski definition) is 3. The summed E-state index contributed by atoms with van der Waals surface area (Å²) in [5.74, 6) is 0.427. The molecule has 0 unspecified atom stereocenters. The van der Waals surface area contributed by atoms with Crippen LogP contribution in [0.3, 0.4) is 0 Å². The molecule has 1 N–H and O–H groups in total. The molecule has 1 saturated heterocycles. The summed E-state index contributed by atoms with van der Waals surface area (Å²) in [6.07, 6.45) is 0.347. The van der Waals surface area contributed by atoms with E-state index in [9.17, 15) is 14.7 Å². The van der Waals surface area contributed by atoms with Crippen molar-refractivity contribution in [2.75, 3.05) is 6.54 Å². The standard InChI is InChI=1S/C19H16ClN3O3/c20-13-8-4-9-14-16(13)18(24)23(12-6-2-1-3-7-12)17(21-14)15-10-5-11-22(15)19(25)26/h1-4,6-9,15H,5,10-11H2,(H,25,26)/t15-/m0/s1. The molecule has 132 valence electrons. The van der Waals surface area contributed by atoms with Crippen LogP contribution in [0.2, 0.25) is 5.02 Å². The molecule has 2 heterocycles. The normalized spacial score (nSPS) is 17.0. The molecular weight excluding hydrogens is 354 g/mol. The topological polar surface area (TPSA) is 75.4 Å². The second kappa shape index (κ2) is 6.46. The van der Waals surface area contributed by atoms with Crippen molar-refractivity contribution < 1.29 is 9.90 Å². The number of likely N-dealkylation sites (tertiary alicyclic amines) is 1. The summed E-state index contributed by atoms with van der Waals surface area (Å²) in [5.41, 5.74) is 0.819. The van der Waals surface area contributed by atoms with Gasteiger partial charge in [-0.1, -0.05) is 35.9 Å². The lowest BCUT2D eigenvalue weighted by Gasteiger charge is -2.24. The van der Waals surface area contributed by atoms with Gasteiger partial charge in [-0.3, -0.25) is 14.3 Å². The van der Waals surface area contributed by atoms with Crippen LogP contribution >= 0.6 is 11.6 Å². The summed E-state index contributed by atoms with van der Waals surface area (Å²) < 4.78 is 1.49. The van der Waals surface area contributed by atoms with Crippen LogP contribution in [0.4, 0.5) is 4.79 Å². The maximum Gasteiger partial charge on any atom is 0.407 e. The Balaban J connectivity index is 2.05. The number of nitrogens with zero attached hydrogens (tertiary/aromatic N) is 3. The van der Waals surface area contributed by atoms with Gasteiger partial charge in [0.2, 0.25) is 0 Å². The quantitative estimate of drug-likeness (QED) is 0.744. The van der Waals surface area contributed by atoms with Crippen LogP contribution < -0.4 is 5.56 Å². The van der Waals surface area contributed by atoms with Crippen molar-refractivity contribution >= 4 is 28.6 Å². The van der Waals surface area contributed by atoms with Crippen LogP contribution in [0.1, 0.15) is 24.7 Å². The second-order valence-corrected chi connectivity index (χ2v) is 6.62. The number of amides is 1. The molecule has 0 radical (unpaired) electrons. The van der Waals surface area contributed by atoms with Gasteiger partial charge in [-0.05, 0) is 37.1 Å². The molecule has 1 fully saturated rings. The fourth-order valence-corrected chi connectivity index (χ4v) is 3.77. The van der Waals surface area contributed by atoms with Gasteiger partial charge in [0, 0.05) is 6.54 Å². The van der Waals surface area contributed by atoms with Crippen molar-refractivity contribution in [2.45, 2.75) is 18.9 Å². The van der Waals surface area contributed by atoms with Crippen LogP contribution in [-0.4, -0.2) is 32.2 Å². The molecule has 1 atom stereocenters. The van der Waals surface area contributed by atoms with E-state index >= 15 is 0 Å². The van der Waals surface area contributed by atoms with Crippen LogP contribution in [0.5, 0.6) is 0 Å². The van der Waals surface area contributed by atoms with Gasteiger partial charge in [-0.15, -0.1) is 0 Å². The van der Waals surface area contributed by atoms with E-state index in [1.165, 1.54) is 9.47 Å². The fourth-order valence-electron chi connectivity index (χ4n) is 3.52. The third-order valence-electron chi connectivity index (χ3n) is 4.68. The SMILES string of the molecule is O=C(O)N1CCC[C@H]1c1nc2cccc(Cl)c2c(=O)n1-c1ccccc1. The fraction of sp³-hybridized carbons (Fsp3) is 0.211. The summed E-state index contributed by atoms with van der Waals surface area (Å²) in [5, 5.41) is 10.2.